The Morgan fingerprint density at radius 3 is 2.10 bits per heavy atom. The molecule has 1 N–H and O–H groups in total. The molecule has 3 aromatic carbocycles. The van der Waals surface area contributed by atoms with E-state index in [-0.39, 0.29) is 30.1 Å². The van der Waals surface area contributed by atoms with Crippen molar-refractivity contribution in [2.45, 2.75) is 84.5 Å². The third kappa shape index (κ3) is 10.3. The Hall–Kier alpha value is -4.85. The summed E-state index contributed by atoms with van der Waals surface area (Å²) in [6.45, 7) is 9.86. The summed E-state index contributed by atoms with van der Waals surface area (Å²) in [5.41, 5.74) is 5.33. The van der Waals surface area contributed by atoms with Crippen LogP contribution in [-0.4, -0.2) is 57.3 Å². The molecule has 1 aliphatic rings. The van der Waals surface area contributed by atoms with Gasteiger partial charge < -0.3 is 14.7 Å². The summed E-state index contributed by atoms with van der Waals surface area (Å²) in [5.74, 6) is -0.919. The van der Waals surface area contributed by atoms with E-state index in [9.17, 15) is 19.5 Å². The van der Waals surface area contributed by atoms with Crippen LogP contribution in [0.5, 0.6) is 5.75 Å². The summed E-state index contributed by atoms with van der Waals surface area (Å²) in [4.78, 5) is 49.7. The highest BCUT2D eigenvalue weighted by Crippen LogP contribution is 2.28. The Morgan fingerprint density at radius 1 is 0.843 bits per heavy atom. The summed E-state index contributed by atoms with van der Waals surface area (Å²) in [7, 11) is 0. The molecular weight excluding hydrogens is 638 g/mol. The van der Waals surface area contributed by atoms with Gasteiger partial charge in [0, 0.05) is 54.5 Å². The van der Waals surface area contributed by atoms with Crippen molar-refractivity contribution in [1.29, 1.82) is 0 Å². The molecule has 51 heavy (non-hydrogen) atoms. The zero-order valence-corrected chi connectivity index (χ0v) is 30.4. The average Bonchev–Trinajstić information content (AvgIpc) is 3.64. The number of hydrogen-bond acceptors (Lipinski definition) is 6. The first-order chi connectivity index (χ1) is 24.5. The minimum atomic E-state index is -0.894. The van der Waals surface area contributed by atoms with E-state index >= 15 is 0 Å². The second kappa shape index (κ2) is 17.4. The van der Waals surface area contributed by atoms with Crippen LogP contribution in [0.3, 0.4) is 0 Å². The fourth-order valence-electron chi connectivity index (χ4n) is 6.50. The maximum atomic E-state index is 13.8. The second-order valence-electron chi connectivity index (χ2n) is 14.7. The van der Waals surface area contributed by atoms with E-state index in [1.165, 1.54) is 25.7 Å². The topological polar surface area (TPSA) is 110 Å². The molecule has 1 aliphatic heterocycles. The maximum absolute atomic E-state index is 13.8. The Kier molecular flexibility index (Phi) is 12.8. The molecule has 1 saturated heterocycles. The van der Waals surface area contributed by atoms with Gasteiger partial charge in [-0.05, 0) is 53.5 Å². The number of hydrogen-bond donors (Lipinski definition) is 1. The number of ketones is 1. The molecule has 2 heterocycles. The molecule has 5 rings (SSSR count). The molecule has 0 saturated carbocycles. The van der Waals surface area contributed by atoms with Crippen LogP contribution >= 0.6 is 0 Å². The van der Waals surface area contributed by atoms with Crippen molar-refractivity contribution in [2.75, 3.05) is 19.7 Å². The summed E-state index contributed by atoms with van der Waals surface area (Å²) in [5, 5.41) is 9.51. The summed E-state index contributed by atoms with van der Waals surface area (Å²) in [6, 6.07) is 23.4. The van der Waals surface area contributed by atoms with Crippen molar-refractivity contribution in [3.8, 4) is 28.3 Å². The Morgan fingerprint density at radius 2 is 1.49 bits per heavy atom. The molecule has 8 heteroatoms. The first kappa shape index (κ1) is 37.4. The fourth-order valence-corrected chi connectivity index (χ4v) is 6.50. The van der Waals surface area contributed by atoms with Crippen LogP contribution in [0.1, 0.15) is 94.1 Å². The minimum absolute atomic E-state index is 0.0372. The number of amides is 1. The first-order valence-corrected chi connectivity index (χ1v) is 18.3. The third-order valence-corrected chi connectivity index (χ3v) is 9.75. The van der Waals surface area contributed by atoms with Gasteiger partial charge in [0.1, 0.15) is 5.75 Å². The van der Waals surface area contributed by atoms with E-state index in [0.29, 0.717) is 30.8 Å². The van der Waals surface area contributed by atoms with Crippen LogP contribution < -0.4 is 4.74 Å². The number of carboxylic acid groups (broad SMARTS) is 1. The molecule has 0 bridgehead atoms. The van der Waals surface area contributed by atoms with Crippen LogP contribution in [-0.2, 0) is 21.4 Å². The SMILES string of the molecule is CCCCCCCOc1ccc(-c2cnc(-c3ccc(C[C@H](CC(=O)c4ccc(C(C)(C)C)cc4)C(=O)N4CC[C@@H](C(=O)O)C4)cc3)nc2)cc1. The van der Waals surface area contributed by atoms with Crippen molar-refractivity contribution < 1.29 is 24.2 Å². The van der Waals surface area contributed by atoms with Gasteiger partial charge in [0.25, 0.3) is 0 Å². The zero-order chi connectivity index (χ0) is 36.4. The average molecular weight is 690 g/mol. The standard InChI is InChI=1S/C43H51N3O5/c1-5-6-7-8-9-24-51-38-20-16-31(17-21-38)36-27-44-40(45-28-36)33-12-10-30(11-13-33)25-35(41(48)46-23-22-34(29-46)42(49)50)26-39(47)32-14-18-37(19-15-32)43(2,3)4/h10-21,27-28,34-35H,5-9,22-26,29H2,1-4H3,(H,49,50)/t34-,35-/m1/s1. The Bertz CT molecular complexity index is 1740. The lowest BCUT2D eigenvalue weighted by Gasteiger charge is -2.23. The first-order valence-electron chi connectivity index (χ1n) is 18.3. The number of ether oxygens (including phenoxy) is 1. The number of Topliss-reactive ketones (excluding diaryl/α,β-unsaturated/α-hetero) is 1. The monoisotopic (exact) mass is 689 g/mol. The maximum Gasteiger partial charge on any atom is 0.308 e. The highest BCUT2D eigenvalue weighted by Gasteiger charge is 2.35. The van der Waals surface area contributed by atoms with E-state index < -0.39 is 17.8 Å². The van der Waals surface area contributed by atoms with Crippen LogP contribution in [0, 0.1) is 11.8 Å². The molecule has 8 nitrogen and oxygen atoms in total. The molecule has 1 aromatic heterocycles. The number of aliphatic carboxylic acids is 1. The number of benzene rings is 3. The minimum Gasteiger partial charge on any atom is -0.494 e. The number of carbonyl (C=O) groups is 3. The molecule has 1 amide bonds. The largest absolute Gasteiger partial charge is 0.494 e. The fraction of sp³-hybridized carbons (Fsp3) is 0.419. The predicted octanol–water partition coefficient (Wildman–Crippen LogP) is 8.82. The smallest absolute Gasteiger partial charge is 0.308 e. The molecule has 1 fully saturated rings. The lowest BCUT2D eigenvalue weighted by atomic mass is 9.85. The quantitative estimate of drug-likeness (QED) is 0.0925. The molecule has 0 unspecified atom stereocenters. The van der Waals surface area contributed by atoms with Gasteiger partial charge in [0.15, 0.2) is 11.6 Å². The number of carboxylic acids is 1. The van der Waals surface area contributed by atoms with E-state index in [1.807, 2.05) is 85.2 Å². The molecule has 4 aromatic rings. The Labute approximate surface area is 302 Å². The highest BCUT2D eigenvalue weighted by molar-refractivity contribution is 5.98. The van der Waals surface area contributed by atoms with Gasteiger partial charge in [-0.2, -0.15) is 0 Å². The van der Waals surface area contributed by atoms with Crippen molar-refractivity contribution in [1.82, 2.24) is 14.9 Å². The lowest BCUT2D eigenvalue weighted by Crippen LogP contribution is -2.37. The van der Waals surface area contributed by atoms with E-state index in [2.05, 4.69) is 37.7 Å². The molecule has 268 valence electrons. The molecule has 2 atom stereocenters. The number of aromatic nitrogens is 2. The van der Waals surface area contributed by atoms with Gasteiger partial charge in [-0.15, -0.1) is 0 Å². The predicted molar refractivity (Wildman–Crippen MR) is 201 cm³/mol. The van der Waals surface area contributed by atoms with Gasteiger partial charge in [-0.25, -0.2) is 9.97 Å². The normalized spacial score (nSPS) is 15.1. The number of carbonyl (C=O) groups excluding carboxylic acids is 2. The van der Waals surface area contributed by atoms with Crippen LogP contribution in [0.2, 0.25) is 0 Å². The second-order valence-corrected chi connectivity index (χ2v) is 14.7. The number of nitrogens with zero attached hydrogens (tertiary/aromatic N) is 3. The van der Waals surface area contributed by atoms with E-state index in [0.717, 1.165) is 46.6 Å². The van der Waals surface area contributed by atoms with Gasteiger partial charge >= 0.3 is 5.97 Å². The number of unbranched alkanes of at least 4 members (excludes halogenated alkanes) is 4. The van der Waals surface area contributed by atoms with Gasteiger partial charge in [0.2, 0.25) is 5.91 Å². The summed E-state index contributed by atoms with van der Waals surface area (Å²) >= 11 is 0. The van der Waals surface area contributed by atoms with Gasteiger partial charge in [-0.3, -0.25) is 14.4 Å². The van der Waals surface area contributed by atoms with Crippen LogP contribution in [0.4, 0.5) is 0 Å². The van der Waals surface area contributed by atoms with Crippen molar-refractivity contribution in [2.24, 2.45) is 11.8 Å². The Balaban J connectivity index is 1.23. The molecule has 0 spiro atoms. The lowest BCUT2D eigenvalue weighted by molar-refractivity contribution is -0.141. The number of likely N-dealkylation sites (tertiary alicyclic amines) is 1. The van der Waals surface area contributed by atoms with Crippen molar-refractivity contribution in [3.63, 3.8) is 0 Å². The third-order valence-electron chi connectivity index (χ3n) is 9.75. The highest BCUT2D eigenvalue weighted by atomic mass is 16.5. The van der Waals surface area contributed by atoms with Crippen LogP contribution in [0.25, 0.3) is 22.5 Å². The van der Waals surface area contributed by atoms with Gasteiger partial charge in [0.05, 0.1) is 12.5 Å². The molecule has 0 aliphatic carbocycles. The number of rotatable bonds is 16. The molecule has 0 radical (unpaired) electrons. The summed E-state index contributed by atoms with van der Waals surface area (Å²) < 4.78 is 5.90. The summed E-state index contributed by atoms with van der Waals surface area (Å²) in [6.07, 6.45) is 10.5. The van der Waals surface area contributed by atoms with Gasteiger partial charge in [-0.1, -0.05) is 114 Å². The molecular formula is C43H51N3O5. The zero-order valence-electron chi connectivity index (χ0n) is 30.4. The van der Waals surface area contributed by atoms with Crippen molar-refractivity contribution >= 4 is 17.7 Å². The van der Waals surface area contributed by atoms with Crippen molar-refractivity contribution in [3.05, 3.63) is 102 Å². The van der Waals surface area contributed by atoms with Crippen LogP contribution in [0.15, 0.2) is 85.2 Å². The van der Waals surface area contributed by atoms with E-state index in [1.54, 1.807) is 4.90 Å². The van der Waals surface area contributed by atoms with E-state index in [4.69, 9.17) is 4.74 Å².